The van der Waals surface area contributed by atoms with Crippen LogP contribution in [0.25, 0.3) is 0 Å². The fraction of sp³-hybridized carbons (Fsp3) is 0.524. The first kappa shape index (κ1) is 20.1. The van der Waals surface area contributed by atoms with Gasteiger partial charge in [-0.3, -0.25) is 9.98 Å². The number of aliphatic hydroxyl groups is 1. The summed E-state index contributed by atoms with van der Waals surface area (Å²) in [6.45, 7) is 15.3. The van der Waals surface area contributed by atoms with Gasteiger partial charge in [0.1, 0.15) is 5.76 Å². The Morgan fingerprint density at radius 1 is 1.21 bits per heavy atom. The lowest BCUT2D eigenvalue weighted by Gasteiger charge is -2.27. The topological polar surface area (TPSA) is 45.5 Å². The van der Waals surface area contributed by atoms with Crippen LogP contribution in [0.3, 0.4) is 0 Å². The first-order valence-corrected chi connectivity index (χ1v) is 8.53. The third-order valence-electron chi connectivity index (χ3n) is 3.98. The first-order chi connectivity index (χ1) is 11.0. The van der Waals surface area contributed by atoms with Crippen molar-refractivity contribution >= 4 is 6.21 Å². The second-order valence-corrected chi connectivity index (χ2v) is 8.42. The quantitative estimate of drug-likeness (QED) is 0.425. The summed E-state index contributed by atoms with van der Waals surface area (Å²) in [7, 11) is 0. The van der Waals surface area contributed by atoms with E-state index in [4.69, 9.17) is 0 Å². The lowest BCUT2D eigenvalue weighted by atomic mass is 9.79. The van der Waals surface area contributed by atoms with Crippen molar-refractivity contribution in [2.24, 2.45) is 21.7 Å². The molecule has 1 aromatic heterocycles. The van der Waals surface area contributed by atoms with Crippen LogP contribution in [0, 0.1) is 16.7 Å². The molecule has 0 saturated carbocycles. The minimum Gasteiger partial charge on any atom is -0.511 e. The van der Waals surface area contributed by atoms with Crippen LogP contribution >= 0.6 is 0 Å². The maximum Gasteiger partial charge on any atom is 0.104 e. The van der Waals surface area contributed by atoms with E-state index in [0.29, 0.717) is 12.3 Å². The van der Waals surface area contributed by atoms with Crippen molar-refractivity contribution in [3.05, 3.63) is 53.6 Å². The van der Waals surface area contributed by atoms with Gasteiger partial charge in [-0.25, -0.2) is 0 Å². The van der Waals surface area contributed by atoms with Crippen molar-refractivity contribution in [3.8, 4) is 0 Å². The van der Waals surface area contributed by atoms with Crippen LogP contribution in [0.1, 0.15) is 54.2 Å². The minimum absolute atomic E-state index is 0.0142. The van der Waals surface area contributed by atoms with Crippen LogP contribution in [0.2, 0.25) is 0 Å². The van der Waals surface area contributed by atoms with E-state index < -0.39 is 0 Å². The molecule has 0 aliphatic heterocycles. The number of aliphatic imine (C=N–C) groups is 1. The van der Waals surface area contributed by atoms with Gasteiger partial charge in [0.15, 0.2) is 0 Å². The molecule has 1 rings (SSSR count). The summed E-state index contributed by atoms with van der Waals surface area (Å²) in [6, 6.07) is 5.79. The highest BCUT2D eigenvalue weighted by molar-refractivity contribution is 5.83. The van der Waals surface area contributed by atoms with Crippen LogP contribution < -0.4 is 0 Å². The van der Waals surface area contributed by atoms with E-state index in [1.807, 2.05) is 31.2 Å². The molecule has 0 saturated heterocycles. The average molecular weight is 329 g/mol. The molecule has 24 heavy (non-hydrogen) atoms. The van der Waals surface area contributed by atoms with E-state index in [2.05, 4.69) is 57.6 Å². The molecule has 1 N–H and O–H groups in total. The number of aromatic nitrogens is 1. The smallest absolute Gasteiger partial charge is 0.104 e. The van der Waals surface area contributed by atoms with E-state index in [0.717, 1.165) is 11.3 Å². The molecule has 0 fully saturated rings. The summed E-state index contributed by atoms with van der Waals surface area (Å²) >= 11 is 0. The number of hydrogen-bond acceptors (Lipinski definition) is 3. The molecule has 1 atom stereocenters. The third kappa shape index (κ3) is 7.12. The van der Waals surface area contributed by atoms with E-state index >= 15 is 0 Å². The largest absolute Gasteiger partial charge is 0.511 e. The first-order valence-electron chi connectivity index (χ1n) is 8.53. The van der Waals surface area contributed by atoms with Gasteiger partial charge in [-0.05, 0) is 23.0 Å². The number of hydrogen-bond donors (Lipinski definition) is 1. The van der Waals surface area contributed by atoms with Crippen molar-refractivity contribution < 1.29 is 5.11 Å². The van der Waals surface area contributed by atoms with Crippen molar-refractivity contribution in [1.29, 1.82) is 0 Å². The number of pyridine rings is 1. The Morgan fingerprint density at radius 2 is 1.88 bits per heavy atom. The fourth-order valence-corrected chi connectivity index (χ4v) is 1.92. The Labute approximate surface area is 147 Å². The Bertz CT molecular complexity index is 599. The van der Waals surface area contributed by atoms with E-state index in [9.17, 15) is 5.11 Å². The van der Waals surface area contributed by atoms with Gasteiger partial charge in [-0.1, -0.05) is 66.7 Å². The van der Waals surface area contributed by atoms with E-state index in [1.165, 1.54) is 0 Å². The molecule has 0 aliphatic rings. The highest BCUT2D eigenvalue weighted by atomic mass is 16.3. The van der Waals surface area contributed by atoms with E-state index in [-0.39, 0.29) is 16.7 Å². The van der Waals surface area contributed by atoms with Crippen molar-refractivity contribution in [2.75, 3.05) is 0 Å². The summed E-state index contributed by atoms with van der Waals surface area (Å²) in [4.78, 5) is 8.74. The highest BCUT2D eigenvalue weighted by Gasteiger charge is 2.25. The highest BCUT2D eigenvalue weighted by Crippen LogP contribution is 2.32. The maximum absolute atomic E-state index is 10.7. The molecule has 0 bridgehead atoms. The maximum atomic E-state index is 10.7. The molecular formula is C21H32N2O. The zero-order valence-corrected chi connectivity index (χ0v) is 16.2. The summed E-state index contributed by atoms with van der Waals surface area (Å²) < 4.78 is 0. The second kappa shape index (κ2) is 8.27. The molecule has 0 aromatic carbocycles. The van der Waals surface area contributed by atoms with Crippen LogP contribution in [-0.2, 0) is 6.54 Å². The molecule has 1 heterocycles. The Balaban J connectivity index is 3.07. The Kier molecular flexibility index (Phi) is 6.94. The predicted molar refractivity (Wildman–Crippen MR) is 103 cm³/mol. The lowest BCUT2D eigenvalue weighted by molar-refractivity contribution is 0.216. The minimum atomic E-state index is -0.0142. The average Bonchev–Trinajstić information content (AvgIpc) is 2.48. The van der Waals surface area contributed by atoms with Gasteiger partial charge in [-0.2, -0.15) is 0 Å². The van der Waals surface area contributed by atoms with E-state index in [1.54, 1.807) is 12.4 Å². The Morgan fingerprint density at radius 3 is 2.38 bits per heavy atom. The van der Waals surface area contributed by atoms with Crippen molar-refractivity contribution in [1.82, 2.24) is 4.98 Å². The zero-order valence-electron chi connectivity index (χ0n) is 16.2. The summed E-state index contributed by atoms with van der Waals surface area (Å²) in [5, 5.41) is 10.7. The lowest BCUT2D eigenvalue weighted by Crippen LogP contribution is -2.20. The SMILES string of the molecule is CC(/C(O)=C(\C=C\C(C)(C)C)/C=N/Cc1ccccn1)C(C)(C)C. The van der Waals surface area contributed by atoms with Crippen LogP contribution in [0.5, 0.6) is 0 Å². The normalized spacial score (nSPS) is 15.8. The van der Waals surface area contributed by atoms with Crippen LogP contribution in [0.4, 0.5) is 0 Å². The number of rotatable bonds is 5. The molecule has 1 aromatic rings. The molecule has 0 amide bonds. The molecule has 3 nitrogen and oxygen atoms in total. The van der Waals surface area contributed by atoms with Gasteiger partial charge in [0.25, 0.3) is 0 Å². The summed E-state index contributed by atoms with van der Waals surface area (Å²) in [5.74, 6) is 0.422. The van der Waals surface area contributed by atoms with Gasteiger partial charge >= 0.3 is 0 Å². The molecule has 0 aliphatic carbocycles. The fourth-order valence-electron chi connectivity index (χ4n) is 1.92. The second-order valence-electron chi connectivity index (χ2n) is 8.42. The van der Waals surface area contributed by atoms with Gasteiger partial charge in [-0.15, -0.1) is 0 Å². The molecular weight excluding hydrogens is 296 g/mol. The number of allylic oxidation sites excluding steroid dienone is 4. The van der Waals surface area contributed by atoms with Crippen LogP contribution in [0.15, 0.2) is 52.9 Å². The molecule has 0 spiro atoms. The van der Waals surface area contributed by atoms with Crippen molar-refractivity contribution in [3.63, 3.8) is 0 Å². The molecule has 1 unspecified atom stereocenters. The molecule has 0 radical (unpaired) electrons. The van der Waals surface area contributed by atoms with Gasteiger partial charge in [0.2, 0.25) is 0 Å². The van der Waals surface area contributed by atoms with Crippen molar-refractivity contribution in [2.45, 2.75) is 55.0 Å². The summed E-state index contributed by atoms with van der Waals surface area (Å²) in [6.07, 6.45) is 7.59. The number of aliphatic hydroxyl groups excluding tert-OH is 1. The third-order valence-corrected chi connectivity index (χ3v) is 3.98. The van der Waals surface area contributed by atoms with Gasteiger partial charge in [0.05, 0.1) is 12.2 Å². The zero-order chi connectivity index (χ0) is 18.4. The number of nitrogens with zero attached hydrogens (tertiary/aromatic N) is 2. The Hall–Kier alpha value is -1.90. The van der Waals surface area contributed by atoms with Gasteiger partial charge < -0.3 is 5.11 Å². The molecule has 3 heteroatoms. The summed E-state index contributed by atoms with van der Waals surface area (Å²) in [5.41, 5.74) is 1.71. The monoisotopic (exact) mass is 328 g/mol. The standard InChI is InChI=1S/C21H32N2O/c1-16(21(5,6)7)19(24)17(11-12-20(2,3)4)14-22-15-18-10-8-9-13-23-18/h8-14,16,24H,15H2,1-7H3/b12-11+,19-17-,22-14+. The predicted octanol–water partition coefficient (Wildman–Crippen LogP) is 5.75. The van der Waals surface area contributed by atoms with Gasteiger partial charge in [0, 0.05) is 23.9 Å². The molecule has 132 valence electrons. The van der Waals surface area contributed by atoms with Crippen LogP contribution in [-0.4, -0.2) is 16.3 Å².